The Morgan fingerprint density at radius 2 is 0.913 bits per heavy atom. The minimum absolute atomic E-state index is 0.0267. The first-order valence-corrected chi connectivity index (χ1v) is 19.3. The van der Waals surface area contributed by atoms with E-state index in [2.05, 4.69) is 74.6 Å². The molecule has 0 aliphatic heterocycles. The molecule has 0 aromatic carbocycles. The van der Waals surface area contributed by atoms with Gasteiger partial charge in [-0.2, -0.15) is 0 Å². The molecule has 0 aliphatic rings. The molecule has 0 aromatic rings. The number of hydrogen-bond donors (Lipinski definition) is 1. The van der Waals surface area contributed by atoms with Gasteiger partial charge >= 0.3 is 11.9 Å². The van der Waals surface area contributed by atoms with E-state index in [1.165, 1.54) is 64.2 Å². The maximum atomic E-state index is 12.6. The minimum Gasteiger partial charge on any atom is -0.481 e. The van der Waals surface area contributed by atoms with Crippen LogP contribution in [0.15, 0.2) is 60.8 Å². The van der Waals surface area contributed by atoms with E-state index < -0.39 is 5.97 Å². The topological polar surface area (TPSA) is 63.6 Å². The highest BCUT2D eigenvalue weighted by atomic mass is 16.5. The summed E-state index contributed by atoms with van der Waals surface area (Å²) in [5.41, 5.74) is 0. The van der Waals surface area contributed by atoms with Crippen LogP contribution >= 0.6 is 0 Å². The number of hydrogen-bond acceptors (Lipinski definition) is 3. The molecule has 0 spiro atoms. The minimum atomic E-state index is -0.708. The summed E-state index contributed by atoms with van der Waals surface area (Å²) in [7, 11) is 0. The Labute approximate surface area is 284 Å². The van der Waals surface area contributed by atoms with Crippen LogP contribution in [-0.2, 0) is 14.3 Å². The lowest BCUT2D eigenvalue weighted by atomic mass is 10.0. The van der Waals surface area contributed by atoms with Crippen LogP contribution in [0.5, 0.6) is 0 Å². The molecule has 4 nitrogen and oxygen atoms in total. The molecular formula is C42H72O4. The first kappa shape index (κ1) is 43.6. The van der Waals surface area contributed by atoms with Gasteiger partial charge in [-0.15, -0.1) is 0 Å². The monoisotopic (exact) mass is 641 g/mol. The predicted molar refractivity (Wildman–Crippen MR) is 199 cm³/mol. The molecule has 0 aliphatic carbocycles. The molecule has 264 valence electrons. The van der Waals surface area contributed by atoms with Crippen LogP contribution in [0.25, 0.3) is 0 Å². The molecule has 0 fully saturated rings. The summed E-state index contributed by atoms with van der Waals surface area (Å²) in [6, 6.07) is 0. The normalized spacial score (nSPS) is 12.9. The molecule has 0 aromatic heterocycles. The van der Waals surface area contributed by atoms with Gasteiger partial charge in [0.05, 0.1) is 0 Å². The molecule has 1 unspecified atom stereocenters. The number of carbonyl (C=O) groups is 2. The van der Waals surface area contributed by atoms with Gasteiger partial charge in [0.25, 0.3) is 0 Å². The zero-order chi connectivity index (χ0) is 33.6. The zero-order valence-corrected chi connectivity index (χ0v) is 30.1. The average Bonchev–Trinajstić information content (AvgIpc) is 3.04. The number of esters is 1. The number of carbonyl (C=O) groups excluding carboxylic acids is 1. The first-order chi connectivity index (χ1) is 22.6. The summed E-state index contributed by atoms with van der Waals surface area (Å²) < 4.78 is 5.96. The van der Waals surface area contributed by atoms with Crippen molar-refractivity contribution in [2.45, 2.75) is 193 Å². The third-order valence-electron chi connectivity index (χ3n) is 8.25. The Hall–Kier alpha value is -2.36. The van der Waals surface area contributed by atoms with E-state index in [0.717, 1.165) is 96.3 Å². The predicted octanol–water partition coefficient (Wildman–Crippen LogP) is 13.3. The molecule has 0 rings (SSSR count). The summed E-state index contributed by atoms with van der Waals surface area (Å²) in [6.07, 6.45) is 50.9. The summed E-state index contributed by atoms with van der Waals surface area (Å²) in [5, 5.41) is 8.81. The van der Waals surface area contributed by atoms with Crippen molar-refractivity contribution in [1.29, 1.82) is 0 Å². The van der Waals surface area contributed by atoms with Gasteiger partial charge in [-0.05, 0) is 77.0 Å². The van der Waals surface area contributed by atoms with Crippen LogP contribution in [0.2, 0.25) is 0 Å². The van der Waals surface area contributed by atoms with E-state index in [9.17, 15) is 9.59 Å². The summed E-state index contributed by atoms with van der Waals surface area (Å²) in [5.74, 6) is -0.762. The summed E-state index contributed by atoms with van der Waals surface area (Å²) >= 11 is 0. The van der Waals surface area contributed by atoms with E-state index in [1.807, 2.05) is 0 Å². The fourth-order valence-corrected chi connectivity index (χ4v) is 5.45. The van der Waals surface area contributed by atoms with Crippen LogP contribution in [0, 0.1) is 0 Å². The van der Waals surface area contributed by atoms with Crippen molar-refractivity contribution in [2.24, 2.45) is 0 Å². The van der Waals surface area contributed by atoms with Crippen LogP contribution in [0.1, 0.15) is 187 Å². The van der Waals surface area contributed by atoms with Crippen LogP contribution in [-0.4, -0.2) is 23.1 Å². The third kappa shape index (κ3) is 36.1. The Kier molecular flexibility index (Phi) is 35.2. The van der Waals surface area contributed by atoms with Crippen molar-refractivity contribution < 1.29 is 19.4 Å². The smallest absolute Gasteiger partial charge is 0.306 e. The standard InChI is InChI=1S/C42H72O4/c1-3-5-7-9-11-13-15-16-17-18-19-20-22-24-26-31-35-39-42(45)46-40(37-33-29-27-30-34-38-41(43)44)36-32-28-25-23-21-14-12-10-8-6-4-2/h5,7,11,13,16-17,19-20,24,26,40H,3-4,6,8-10,12,14-15,18,21-23,25,27-39H2,1-2H3,(H,43,44)/b7-5-,13-11-,17-16-,20-19-,26-24-. The van der Waals surface area contributed by atoms with Crippen LogP contribution in [0.3, 0.4) is 0 Å². The number of ether oxygens (including phenoxy) is 1. The van der Waals surface area contributed by atoms with Gasteiger partial charge in [-0.3, -0.25) is 9.59 Å². The molecule has 1 atom stereocenters. The highest BCUT2D eigenvalue weighted by molar-refractivity contribution is 5.69. The third-order valence-corrected chi connectivity index (χ3v) is 8.25. The number of allylic oxidation sites excluding steroid dienone is 10. The summed E-state index contributed by atoms with van der Waals surface area (Å²) in [4.78, 5) is 23.3. The SMILES string of the molecule is CC/C=C\C/C=C\C/C=C\C/C=C\C/C=C\CCCC(=O)OC(CCCCCCCCCCCCC)CCCCCCCC(=O)O. The van der Waals surface area contributed by atoms with E-state index in [-0.39, 0.29) is 18.5 Å². The van der Waals surface area contributed by atoms with Gasteiger partial charge in [0, 0.05) is 12.8 Å². The molecule has 0 saturated carbocycles. The van der Waals surface area contributed by atoms with Gasteiger partial charge in [-0.25, -0.2) is 0 Å². The largest absolute Gasteiger partial charge is 0.481 e. The quantitative estimate of drug-likeness (QED) is 0.0432. The fraction of sp³-hybridized carbons (Fsp3) is 0.714. The fourth-order valence-electron chi connectivity index (χ4n) is 5.45. The Balaban J connectivity index is 4.16. The second-order valence-electron chi connectivity index (χ2n) is 12.7. The van der Waals surface area contributed by atoms with Gasteiger partial charge in [0.15, 0.2) is 0 Å². The van der Waals surface area contributed by atoms with E-state index in [0.29, 0.717) is 6.42 Å². The zero-order valence-electron chi connectivity index (χ0n) is 30.1. The molecule has 0 amide bonds. The first-order valence-electron chi connectivity index (χ1n) is 19.3. The molecule has 0 bridgehead atoms. The molecule has 46 heavy (non-hydrogen) atoms. The van der Waals surface area contributed by atoms with Crippen molar-refractivity contribution in [3.8, 4) is 0 Å². The van der Waals surface area contributed by atoms with Crippen LogP contribution < -0.4 is 0 Å². The average molecular weight is 641 g/mol. The number of carboxylic acids is 1. The second-order valence-corrected chi connectivity index (χ2v) is 12.7. The number of carboxylic acid groups (broad SMARTS) is 1. The lowest BCUT2D eigenvalue weighted by molar-refractivity contribution is -0.150. The maximum absolute atomic E-state index is 12.6. The number of aliphatic carboxylic acids is 1. The Morgan fingerprint density at radius 1 is 0.500 bits per heavy atom. The van der Waals surface area contributed by atoms with Gasteiger partial charge in [-0.1, -0.05) is 158 Å². The second kappa shape index (κ2) is 37.1. The van der Waals surface area contributed by atoms with Crippen LogP contribution in [0.4, 0.5) is 0 Å². The number of rotatable bonds is 34. The maximum Gasteiger partial charge on any atom is 0.306 e. The molecule has 0 radical (unpaired) electrons. The lowest BCUT2D eigenvalue weighted by Crippen LogP contribution is -2.18. The molecular weight excluding hydrogens is 568 g/mol. The van der Waals surface area contributed by atoms with Crippen molar-refractivity contribution >= 4 is 11.9 Å². The Bertz CT molecular complexity index is 820. The van der Waals surface area contributed by atoms with Crippen molar-refractivity contribution in [3.05, 3.63) is 60.8 Å². The molecule has 1 N–H and O–H groups in total. The van der Waals surface area contributed by atoms with Crippen molar-refractivity contribution in [1.82, 2.24) is 0 Å². The molecule has 0 saturated heterocycles. The highest BCUT2D eigenvalue weighted by Gasteiger charge is 2.14. The molecule has 4 heteroatoms. The van der Waals surface area contributed by atoms with E-state index in [1.54, 1.807) is 0 Å². The molecule has 0 heterocycles. The van der Waals surface area contributed by atoms with Crippen molar-refractivity contribution in [3.63, 3.8) is 0 Å². The highest BCUT2D eigenvalue weighted by Crippen LogP contribution is 2.18. The summed E-state index contributed by atoms with van der Waals surface area (Å²) in [6.45, 7) is 4.42. The van der Waals surface area contributed by atoms with E-state index in [4.69, 9.17) is 9.84 Å². The van der Waals surface area contributed by atoms with Gasteiger partial charge < -0.3 is 9.84 Å². The number of unbranched alkanes of at least 4 members (excludes halogenated alkanes) is 15. The van der Waals surface area contributed by atoms with Gasteiger partial charge in [0.2, 0.25) is 0 Å². The van der Waals surface area contributed by atoms with Gasteiger partial charge in [0.1, 0.15) is 6.10 Å². The lowest BCUT2D eigenvalue weighted by Gasteiger charge is -2.18. The Morgan fingerprint density at radius 3 is 1.37 bits per heavy atom. The van der Waals surface area contributed by atoms with Crippen molar-refractivity contribution in [2.75, 3.05) is 0 Å². The van der Waals surface area contributed by atoms with E-state index >= 15 is 0 Å².